The van der Waals surface area contributed by atoms with Crippen molar-refractivity contribution < 1.29 is 19.1 Å². The molecule has 0 fully saturated rings. The van der Waals surface area contributed by atoms with Gasteiger partial charge in [0, 0.05) is 5.69 Å². The molecule has 1 aromatic heterocycles. The van der Waals surface area contributed by atoms with Crippen molar-refractivity contribution in [1.82, 2.24) is 10.4 Å². The van der Waals surface area contributed by atoms with E-state index in [1.165, 1.54) is 0 Å². The summed E-state index contributed by atoms with van der Waals surface area (Å²) >= 11 is 0. The Labute approximate surface area is 165 Å². The second kappa shape index (κ2) is 9.21. The fraction of sp³-hybridized carbons (Fsp3) is 0.381. The van der Waals surface area contributed by atoms with Gasteiger partial charge in [-0.2, -0.15) is 5.10 Å². The molecule has 150 valence electrons. The number of nitrogens with zero attached hydrogens (tertiary/aromatic N) is 1. The molecule has 0 spiro atoms. The fourth-order valence-electron chi connectivity index (χ4n) is 2.86. The number of hydrazone groups is 1. The number of rotatable bonds is 7. The highest BCUT2D eigenvalue weighted by Crippen LogP contribution is 2.20. The SMILES string of the molecule is CCOC(=O)c1c(C)[nH]c(/C(C)=N/NC(=O)COc2cc(C)ccc2C)c1C. The van der Waals surface area contributed by atoms with Crippen LogP contribution in [0.15, 0.2) is 23.3 Å². The highest BCUT2D eigenvalue weighted by molar-refractivity contribution is 6.03. The Balaban J connectivity index is 2.04. The Kier molecular flexibility index (Phi) is 6.98. The number of aromatic amines is 1. The van der Waals surface area contributed by atoms with Crippen molar-refractivity contribution in [3.05, 3.63) is 51.8 Å². The molecule has 2 rings (SSSR count). The maximum Gasteiger partial charge on any atom is 0.340 e. The minimum absolute atomic E-state index is 0.141. The van der Waals surface area contributed by atoms with Crippen LogP contribution in [0.1, 0.15) is 52.3 Å². The molecule has 0 unspecified atom stereocenters. The monoisotopic (exact) mass is 385 g/mol. The summed E-state index contributed by atoms with van der Waals surface area (Å²) in [6, 6.07) is 5.82. The van der Waals surface area contributed by atoms with Crippen molar-refractivity contribution in [3.8, 4) is 5.75 Å². The lowest BCUT2D eigenvalue weighted by atomic mass is 10.1. The van der Waals surface area contributed by atoms with Crippen LogP contribution in [0, 0.1) is 27.7 Å². The number of amides is 1. The minimum atomic E-state index is -0.376. The largest absolute Gasteiger partial charge is 0.483 e. The van der Waals surface area contributed by atoms with Crippen LogP contribution in [0.4, 0.5) is 0 Å². The molecular formula is C21H27N3O4. The summed E-state index contributed by atoms with van der Waals surface area (Å²) in [5.41, 5.74) is 7.66. The number of benzene rings is 1. The highest BCUT2D eigenvalue weighted by Gasteiger charge is 2.20. The number of aryl methyl sites for hydroxylation is 3. The van der Waals surface area contributed by atoms with Crippen LogP contribution in [-0.2, 0) is 9.53 Å². The summed E-state index contributed by atoms with van der Waals surface area (Å²) in [5, 5.41) is 4.12. The zero-order chi connectivity index (χ0) is 20.8. The molecule has 1 heterocycles. The van der Waals surface area contributed by atoms with Crippen molar-refractivity contribution in [1.29, 1.82) is 0 Å². The molecule has 1 aromatic carbocycles. The van der Waals surface area contributed by atoms with E-state index in [2.05, 4.69) is 15.5 Å². The van der Waals surface area contributed by atoms with Crippen LogP contribution in [0.5, 0.6) is 5.75 Å². The third kappa shape index (κ3) is 5.00. The summed E-state index contributed by atoms with van der Waals surface area (Å²) in [5.74, 6) is -0.0728. The Bertz CT molecular complexity index is 913. The zero-order valence-corrected chi connectivity index (χ0v) is 17.2. The lowest BCUT2D eigenvalue weighted by Gasteiger charge is -2.09. The summed E-state index contributed by atoms with van der Waals surface area (Å²) in [6.45, 7) is 11.2. The Hall–Kier alpha value is -3.09. The van der Waals surface area contributed by atoms with Crippen molar-refractivity contribution >= 4 is 17.6 Å². The number of ether oxygens (including phenoxy) is 2. The summed E-state index contributed by atoms with van der Waals surface area (Å²) in [6.07, 6.45) is 0. The number of hydrogen-bond acceptors (Lipinski definition) is 5. The molecule has 7 heteroatoms. The van der Waals surface area contributed by atoms with Gasteiger partial charge in [-0.15, -0.1) is 0 Å². The fourth-order valence-corrected chi connectivity index (χ4v) is 2.86. The number of hydrogen-bond donors (Lipinski definition) is 2. The van der Waals surface area contributed by atoms with Crippen LogP contribution in [0.25, 0.3) is 0 Å². The first-order chi connectivity index (χ1) is 13.2. The van der Waals surface area contributed by atoms with Gasteiger partial charge >= 0.3 is 5.97 Å². The van der Waals surface area contributed by atoms with E-state index in [1.807, 2.05) is 39.0 Å². The average Bonchev–Trinajstić information content (AvgIpc) is 2.95. The molecule has 0 saturated heterocycles. The van der Waals surface area contributed by atoms with Crippen LogP contribution in [0.3, 0.4) is 0 Å². The van der Waals surface area contributed by atoms with Gasteiger partial charge in [0.2, 0.25) is 0 Å². The first-order valence-electron chi connectivity index (χ1n) is 9.14. The summed E-state index contributed by atoms with van der Waals surface area (Å²) < 4.78 is 10.7. The Morgan fingerprint density at radius 1 is 1.18 bits per heavy atom. The lowest BCUT2D eigenvalue weighted by Crippen LogP contribution is -2.26. The predicted octanol–water partition coefficient (Wildman–Crippen LogP) is 3.34. The third-order valence-corrected chi connectivity index (χ3v) is 4.33. The van der Waals surface area contributed by atoms with E-state index in [4.69, 9.17) is 9.47 Å². The van der Waals surface area contributed by atoms with Gasteiger partial charge in [-0.05, 0) is 64.3 Å². The van der Waals surface area contributed by atoms with Gasteiger partial charge < -0.3 is 14.5 Å². The molecule has 2 N–H and O–H groups in total. The minimum Gasteiger partial charge on any atom is -0.483 e. The van der Waals surface area contributed by atoms with Gasteiger partial charge in [0.1, 0.15) is 5.75 Å². The van der Waals surface area contributed by atoms with E-state index in [9.17, 15) is 9.59 Å². The first kappa shape index (κ1) is 21.2. The maximum absolute atomic E-state index is 12.1. The van der Waals surface area contributed by atoms with E-state index in [1.54, 1.807) is 20.8 Å². The molecule has 2 aromatic rings. The van der Waals surface area contributed by atoms with Crippen LogP contribution < -0.4 is 10.2 Å². The molecule has 0 saturated carbocycles. The van der Waals surface area contributed by atoms with Crippen LogP contribution in [-0.4, -0.2) is 35.8 Å². The standard InChI is InChI=1S/C21H27N3O4/c1-7-27-21(26)19-14(4)20(22-15(19)5)16(6)23-24-18(25)11-28-17-10-12(2)8-9-13(17)3/h8-10,22H,7,11H2,1-6H3,(H,24,25)/b23-16+. The average molecular weight is 385 g/mol. The summed E-state index contributed by atoms with van der Waals surface area (Å²) in [7, 11) is 0. The molecular weight excluding hydrogens is 358 g/mol. The number of esters is 1. The maximum atomic E-state index is 12.1. The highest BCUT2D eigenvalue weighted by atomic mass is 16.5. The van der Waals surface area contributed by atoms with Gasteiger partial charge in [-0.1, -0.05) is 12.1 Å². The van der Waals surface area contributed by atoms with Gasteiger partial charge in [0.15, 0.2) is 6.61 Å². The summed E-state index contributed by atoms with van der Waals surface area (Å²) in [4.78, 5) is 27.3. The topological polar surface area (TPSA) is 92.8 Å². The van der Waals surface area contributed by atoms with Crippen LogP contribution >= 0.6 is 0 Å². The van der Waals surface area contributed by atoms with Gasteiger partial charge in [-0.25, -0.2) is 10.2 Å². The second-order valence-electron chi connectivity index (χ2n) is 6.64. The lowest BCUT2D eigenvalue weighted by molar-refractivity contribution is -0.123. The number of nitrogens with one attached hydrogen (secondary N) is 2. The zero-order valence-electron chi connectivity index (χ0n) is 17.2. The molecule has 7 nitrogen and oxygen atoms in total. The third-order valence-electron chi connectivity index (χ3n) is 4.33. The quantitative estimate of drug-likeness (QED) is 0.434. The molecule has 0 aliphatic rings. The van der Waals surface area contributed by atoms with Crippen LogP contribution in [0.2, 0.25) is 0 Å². The number of carbonyl (C=O) groups is 2. The molecule has 1 amide bonds. The van der Waals surface area contributed by atoms with Gasteiger partial charge in [-0.3, -0.25) is 4.79 Å². The van der Waals surface area contributed by atoms with Gasteiger partial charge in [0.25, 0.3) is 5.91 Å². The molecule has 28 heavy (non-hydrogen) atoms. The number of H-pyrrole nitrogens is 1. The van der Waals surface area contributed by atoms with E-state index in [-0.39, 0.29) is 18.5 Å². The van der Waals surface area contributed by atoms with E-state index in [0.29, 0.717) is 35.0 Å². The Morgan fingerprint density at radius 2 is 1.89 bits per heavy atom. The van der Waals surface area contributed by atoms with E-state index >= 15 is 0 Å². The molecule has 0 atom stereocenters. The van der Waals surface area contributed by atoms with Gasteiger partial charge in [0.05, 0.1) is 23.6 Å². The van der Waals surface area contributed by atoms with Crippen molar-refractivity contribution in [2.75, 3.05) is 13.2 Å². The van der Waals surface area contributed by atoms with Crippen molar-refractivity contribution in [2.45, 2.75) is 41.5 Å². The number of carbonyl (C=O) groups excluding carboxylic acids is 2. The van der Waals surface area contributed by atoms with E-state index in [0.717, 1.165) is 16.7 Å². The molecule has 0 aliphatic heterocycles. The number of aromatic nitrogens is 1. The van der Waals surface area contributed by atoms with Crippen molar-refractivity contribution in [3.63, 3.8) is 0 Å². The normalized spacial score (nSPS) is 11.3. The first-order valence-corrected chi connectivity index (χ1v) is 9.14. The van der Waals surface area contributed by atoms with E-state index < -0.39 is 0 Å². The molecule has 0 aliphatic carbocycles. The Morgan fingerprint density at radius 3 is 2.57 bits per heavy atom. The molecule has 0 radical (unpaired) electrons. The van der Waals surface area contributed by atoms with Crippen molar-refractivity contribution in [2.24, 2.45) is 5.10 Å². The predicted molar refractivity (Wildman–Crippen MR) is 108 cm³/mol. The molecule has 0 bridgehead atoms. The second-order valence-corrected chi connectivity index (χ2v) is 6.64. The smallest absolute Gasteiger partial charge is 0.340 e.